The number of nitrogens with one attached hydrogen (secondary N) is 1. The SMILES string of the molecule is COC(CN[C@@H]1c2ccccc2CC[C@@H]1OC)OC. The Morgan fingerprint density at radius 3 is 2.63 bits per heavy atom. The second-order valence-corrected chi connectivity index (χ2v) is 4.80. The molecule has 0 heterocycles. The smallest absolute Gasteiger partial charge is 0.169 e. The number of rotatable bonds is 6. The summed E-state index contributed by atoms with van der Waals surface area (Å²) in [4.78, 5) is 0. The third-order valence-corrected chi connectivity index (χ3v) is 3.79. The summed E-state index contributed by atoms with van der Waals surface area (Å²) >= 11 is 0. The summed E-state index contributed by atoms with van der Waals surface area (Å²) in [6.45, 7) is 0.645. The molecule has 0 amide bonds. The van der Waals surface area contributed by atoms with Crippen LogP contribution in [0.1, 0.15) is 23.6 Å². The third-order valence-electron chi connectivity index (χ3n) is 3.79. The molecule has 4 heteroatoms. The van der Waals surface area contributed by atoms with Crippen molar-refractivity contribution in [1.29, 1.82) is 0 Å². The molecule has 2 rings (SSSR count). The van der Waals surface area contributed by atoms with Crippen molar-refractivity contribution in [2.24, 2.45) is 0 Å². The summed E-state index contributed by atoms with van der Waals surface area (Å²) in [6, 6.07) is 8.74. The van der Waals surface area contributed by atoms with Crippen LogP contribution < -0.4 is 5.32 Å². The van der Waals surface area contributed by atoms with E-state index in [2.05, 4.69) is 29.6 Å². The van der Waals surface area contributed by atoms with Gasteiger partial charge in [0.25, 0.3) is 0 Å². The standard InChI is InChI=1S/C15H23NO3/c1-17-13-9-8-11-6-4-5-7-12(11)15(13)16-10-14(18-2)19-3/h4-7,13-16H,8-10H2,1-3H3/t13-,15+/m0/s1. The van der Waals surface area contributed by atoms with Crippen LogP contribution >= 0.6 is 0 Å². The van der Waals surface area contributed by atoms with Crippen molar-refractivity contribution in [3.05, 3.63) is 35.4 Å². The van der Waals surface area contributed by atoms with Gasteiger partial charge in [-0.25, -0.2) is 0 Å². The molecule has 0 radical (unpaired) electrons. The van der Waals surface area contributed by atoms with E-state index in [9.17, 15) is 0 Å². The number of aryl methyl sites for hydroxylation is 1. The third kappa shape index (κ3) is 3.34. The lowest BCUT2D eigenvalue weighted by Gasteiger charge is -2.34. The summed E-state index contributed by atoms with van der Waals surface area (Å²) in [5.41, 5.74) is 2.73. The van der Waals surface area contributed by atoms with Gasteiger partial charge < -0.3 is 19.5 Å². The maximum Gasteiger partial charge on any atom is 0.169 e. The molecule has 0 spiro atoms. The number of benzene rings is 1. The lowest BCUT2D eigenvalue weighted by molar-refractivity contribution is -0.102. The number of hydrogen-bond acceptors (Lipinski definition) is 4. The van der Waals surface area contributed by atoms with Crippen LogP contribution in [-0.2, 0) is 20.6 Å². The molecular weight excluding hydrogens is 242 g/mol. The van der Waals surface area contributed by atoms with Gasteiger partial charge in [0.15, 0.2) is 6.29 Å². The van der Waals surface area contributed by atoms with Crippen molar-refractivity contribution in [3.8, 4) is 0 Å². The van der Waals surface area contributed by atoms with Crippen molar-refractivity contribution < 1.29 is 14.2 Å². The summed E-state index contributed by atoms with van der Waals surface area (Å²) in [7, 11) is 5.08. The Kier molecular flexibility index (Phi) is 5.34. The second kappa shape index (κ2) is 7.01. The van der Waals surface area contributed by atoms with Crippen LogP contribution in [0.2, 0.25) is 0 Å². The van der Waals surface area contributed by atoms with Gasteiger partial charge in [-0.05, 0) is 24.0 Å². The molecule has 1 aromatic rings. The van der Waals surface area contributed by atoms with E-state index in [0.29, 0.717) is 6.54 Å². The van der Waals surface area contributed by atoms with Crippen molar-refractivity contribution >= 4 is 0 Å². The van der Waals surface area contributed by atoms with Crippen LogP contribution in [0.3, 0.4) is 0 Å². The molecular formula is C15H23NO3. The highest BCUT2D eigenvalue weighted by Gasteiger charge is 2.29. The van der Waals surface area contributed by atoms with E-state index in [1.54, 1.807) is 21.3 Å². The van der Waals surface area contributed by atoms with Gasteiger partial charge in [0.2, 0.25) is 0 Å². The van der Waals surface area contributed by atoms with E-state index in [-0.39, 0.29) is 18.4 Å². The molecule has 0 fully saturated rings. The van der Waals surface area contributed by atoms with Crippen LogP contribution in [0.4, 0.5) is 0 Å². The van der Waals surface area contributed by atoms with E-state index in [4.69, 9.17) is 14.2 Å². The van der Waals surface area contributed by atoms with E-state index < -0.39 is 0 Å². The predicted octanol–water partition coefficient (Wildman–Crippen LogP) is 1.90. The zero-order chi connectivity index (χ0) is 13.7. The molecule has 1 N–H and O–H groups in total. The number of hydrogen-bond donors (Lipinski definition) is 1. The summed E-state index contributed by atoms with van der Waals surface area (Å²) < 4.78 is 16.1. The van der Waals surface area contributed by atoms with Crippen LogP contribution in [0.25, 0.3) is 0 Å². The Balaban J connectivity index is 2.11. The van der Waals surface area contributed by atoms with E-state index >= 15 is 0 Å². The van der Waals surface area contributed by atoms with E-state index in [0.717, 1.165) is 12.8 Å². The zero-order valence-corrected chi connectivity index (χ0v) is 11.9. The van der Waals surface area contributed by atoms with Crippen molar-refractivity contribution in [3.63, 3.8) is 0 Å². The van der Waals surface area contributed by atoms with Gasteiger partial charge >= 0.3 is 0 Å². The topological polar surface area (TPSA) is 39.7 Å². The molecule has 0 aliphatic heterocycles. The molecule has 0 saturated heterocycles. The van der Waals surface area contributed by atoms with Crippen LogP contribution in [-0.4, -0.2) is 40.3 Å². The van der Waals surface area contributed by atoms with Gasteiger partial charge in [-0.2, -0.15) is 0 Å². The second-order valence-electron chi connectivity index (χ2n) is 4.80. The van der Waals surface area contributed by atoms with Crippen molar-refractivity contribution in [2.75, 3.05) is 27.9 Å². The highest BCUT2D eigenvalue weighted by atomic mass is 16.7. The first-order chi connectivity index (χ1) is 9.30. The lowest BCUT2D eigenvalue weighted by Crippen LogP contribution is -2.41. The van der Waals surface area contributed by atoms with Crippen molar-refractivity contribution in [2.45, 2.75) is 31.3 Å². The molecule has 0 unspecified atom stereocenters. The molecule has 0 aromatic heterocycles. The maximum absolute atomic E-state index is 5.62. The fourth-order valence-corrected chi connectivity index (χ4v) is 2.71. The fraction of sp³-hybridized carbons (Fsp3) is 0.600. The average molecular weight is 265 g/mol. The molecule has 106 valence electrons. The van der Waals surface area contributed by atoms with Crippen LogP contribution in [0.15, 0.2) is 24.3 Å². The Labute approximate surface area is 115 Å². The summed E-state index contributed by atoms with van der Waals surface area (Å²) in [5, 5.41) is 3.51. The number of fused-ring (bicyclic) bond motifs is 1. The van der Waals surface area contributed by atoms with Gasteiger partial charge in [0.1, 0.15) is 0 Å². The fourth-order valence-electron chi connectivity index (χ4n) is 2.71. The monoisotopic (exact) mass is 265 g/mol. The zero-order valence-electron chi connectivity index (χ0n) is 11.9. The Morgan fingerprint density at radius 2 is 1.95 bits per heavy atom. The van der Waals surface area contributed by atoms with E-state index in [1.807, 2.05) is 0 Å². The van der Waals surface area contributed by atoms with Gasteiger partial charge in [-0.3, -0.25) is 0 Å². The molecule has 1 aliphatic rings. The highest BCUT2D eigenvalue weighted by molar-refractivity contribution is 5.33. The number of ether oxygens (including phenoxy) is 3. The molecule has 2 atom stereocenters. The average Bonchev–Trinajstić information content (AvgIpc) is 2.48. The van der Waals surface area contributed by atoms with Crippen LogP contribution in [0.5, 0.6) is 0 Å². The predicted molar refractivity (Wildman–Crippen MR) is 74.1 cm³/mol. The minimum absolute atomic E-state index is 0.197. The Hall–Kier alpha value is -0.940. The first-order valence-electron chi connectivity index (χ1n) is 6.69. The minimum atomic E-state index is -0.230. The highest BCUT2D eigenvalue weighted by Crippen LogP contribution is 2.31. The molecule has 0 saturated carbocycles. The quantitative estimate of drug-likeness (QED) is 0.797. The Bertz CT molecular complexity index is 393. The van der Waals surface area contributed by atoms with Gasteiger partial charge in [0, 0.05) is 27.9 Å². The minimum Gasteiger partial charge on any atom is -0.379 e. The van der Waals surface area contributed by atoms with Crippen LogP contribution in [0, 0.1) is 0 Å². The molecule has 4 nitrogen and oxygen atoms in total. The first kappa shape index (κ1) is 14.5. The van der Waals surface area contributed by atoms with Gasteiger partial charge in [0.05, 0.1) is 12.1 Å². The largest absolute Gasteiger partial charge is 0.379 e. The number of methoxy groups -OCH3 is 3. The lowest BCUT2D eigenvalue weighted by atomic mass is 9.85. The normalized spacial score (nSPS) is 22.5. The first-order valence-corrected chi connectivity index (χ1v) is 6.69. The van der Waals surface area contributed by atoms with Gasteiger partial charge in [-0.1, -0.05) is 24.3 Å². The molecule has 1 aliphatic carbocycles. The van der Waals surface area contributed by atoms with E-state index in [1.165, 1.54) is 11.1 Å². The molecule has 1 aromatic carbocycles. The molecule has 19 heavy (non-hydrogen) atoms. The summed E-state index contributed by atoms with van der Waals surface area (Å²) in [5.74, 6) is 0. The summed E-state index contributed by atoms with van der Waals surface area (Å²) in [6.07, 6.45) is 2.08. The van der Waals surface area contributed by atoms with Crippen molar-refractivity contribution in [1.82, 2.24) is 5.32 Å². The maximum atomic E-state index is 5.62. The Morgan fingerprint density at radius 1 is 1.21 bits per heavy atom. The van der Waals surface area contributed by atoms with Gasteiger partial charge in [-0.15, -0.1) is 0 Å². The molecule has 0 bridgehead atoms.